The average Bonchev–Trinajstić information content (AvgIpc) is 3.34. The van der Waals surface area contributed by atoms with Crippen molar-refractivity contribution in [2.45, 2.75) is 12.5 Å². The maximum absolute atomic E-state index is 12.6. The van der Waals surface area contributed by atoms with Crippen molar-refractivity contribution < 1.29 is 18.7 Å². The van der Waals surface area contributed by atoms with E-state index in [0.717, 1.165) is 5.76 Å². The lowest BCUT2D eigenvalue weighted by atomic mass is 10.1. The van der Waals surface area contributed by atoms with Gasteiger partial charge in [0.15, 0.2) is 0 Å². The van der Waals surface area contributed by atoms with Gasteiger partial charge in [0.25, 0.3) is 0 Å². The molecule has 0 bridgehead atoms. The molecule has 0 spiro atoms. The molecule has 1 unspecified atom stereocenters. The van der Waals surface area contributed by atoms with E-state index in [1.54, 1.807) is 38.7 Å². The Hall–Kier alpha value is -3.15. The Morgan fingerprint density at radius 3 is 2.60 bits per heavy atom. The number of rotatable bonds is 7. The summed E-state index contributed by atoms with van der Waals surface area (Å²) in [6, 6.07) is 12.6. The second-order valence-corrected chi connectivity index (χ2v) is 5.48. The molecule has 0 radical (unpaired) electrons. The van der Waals surface area contributed by atoms with Gasteiger partial charge in [0.2, 0.25) is 5.91 Å². The molecule has 0 aliphatic heterocycles. The van der Waals surface area contributed by atoms with Crippen molar-refractivity contribution in [3.05, 3.63) is 66.9 Å². The summed E-state index contributed by atoms with van der Waals surface area (Å²) in [5, 5.41) is 2.89. The highest BCUT2D eigenvalue weighted by Crippen LogP contribution is 2.30. The van der Waals surface area contributed by atoms with Gasteiger partial charge in [0.1, 0.15) is 17.3 Å². The van der Waals surface area contributed by atoms with Gasteiger partial charge >= 0.3 is 0 Å². The fourth-order valence-corrected chi connectivity index (χ4v) is 2.67. The smallest absolute Gasteiger partial charge is 0.227 e. The van der Waals surface area contributed by atoms with Gasteiger partial charge < -0.3 is 23.8 Å². The maximum atomic E-state index is 12.6. The molecule has 3 rings (SSSR count). The van der Waals surface area contributed by atoms with E-state index < -0.39 is 0 Å². The number of methoxy groups -OCH3 is 2. The van der Waals surface area contributed by atoms with E-state index in [1.165, 1.54) is 0 Å². The number of aromatic nitrogens is 1. The Labute approximate surface area is 146 Å². The number of carbonyl (C=O) groups is 1. The second kappa shape index (κ2) is 7.61. The van der Waals surface area contributed by atoms with Crippen molar-refractivity contribution in [3.63, 3.8) is 0 Å². The Bertz CT molecular complexity index is 776. The summed E-state index contributed by atoms with van der Waals surface area (Å²) in [6.45, 7) is 0. The Balaban J connectivity index is 1.77. The number of nitrogens with zero attached hydrogens (tertiary/aromatic N) is 1. The first kappa shape index (κ1) is 16.7. The molecule has 0 fully saturated rings. The van der Waals surface area contributed by atoms with E-state index in [2.05, 4.69) is 5.32 Å². The molecule has 130 valence electrons. The van der Waals surface area contributed by atoms with Crippen molar-refractivity contribution in [2.24, 2.45) is 0 Å². The molecule has 6 nitrogen and oxygen atoms in total. The van der Waals surface area contributed by atoms with Gasteiger partial charge in [-0.05, 0) is 36.4 Å². The van der Waals surface area contributed by atoms with Crippen molar-refractivity contribution in [3.8, 4) is 11.5 Å². The van der Waals surface area contributed by atoms with Gasteiger partial charge in [-0.15, -0.1) is 0 Å². The number of hydrogen-bond acceptors (Lipinski definition) is 4. The number of furan rings is 1. The molecule has 3 aromatic rings. The zero-order valence-electron chi connectivity index (χ0n) is 14.1. The number of ether oxygens (including phenoxy) is 2. The number of hydrogen-bond donors (Lipinski definition) is 1. The molecular formula is C19H20N2O4. The van der Waals surface area contributed by atoms with Crippen LogP contribution in [0.2, 0.25) is 0 Å². The summed E-state index contributed by atoms with van der Waals surface area (Å²) in [4.78, 5) is 12.6. The van der Waals surface area contributed by atoms with Crippen molar-refractivity contribution in [1.29, 1.82) is 0 Å². The van der Waals surface area contributed by atoms with Crippen LogP contribution in [0.15, 0.2) is 65.5 Å². The quantitative estimate of drug-likeness (QED) is 0.712. The lowest BCUT2D eigenvalue weighted by Gasteiger charge is -2.17. The van der Waals surface area contributed by atoms with Crippen LogP contribution in [0.3, 0.4) is 0 Å². The van der Waals surface area contributed by atoms with Gasteiger partial charge in [-0.2, -0.15) is 0 Å². The molecule has 25 heavy (non-hydrogen) atoms. The Kier molecular flexibility index (Phi) is 5.09. The van der Waals surface area contributed by atoms with Crippen LogP contribution >= 0.6 is 0 Å². The molecule has 0 aliphatic carbocycles. The van der Waals surface area contributed by atoms with Crippen LogP contribution in [0.5, 0.6) is 11.5 Å². The first-order valence-electron chi connectivity index (χ1n) is 7.89. The van der Waals surface area contributed by atoms with Crippen molar-refractivity contribution >= 4 is 11.6 Å². The van der Waals surface area contributed by atoms with E-state index in [9.17, 15) is 4.79 Å². The third kappa shape index (κ3) is 3.85. The molecule has 1 N–H and O–H groups in total. The normalized spacial score (nSPS) is 11.8. The topological polar surface area (TPSA) is 65.6 Å². The standard InChI is InChI=1S/C19H20N2O4/c1-23-14-7-8-15(18(12-14)24-2)20-19(22)13-16(17-6-5-11-25-17)21-9-3-4-10-21/h3-12,16H,13H2,1-2H3,(H,20,22). The SMILES string of the molecule is COc1ccc(NC(=O)CC(c2ccco2)n2cccc2)c(OC)c1. The summed E-state index contributed by atoms with van der Waals surface area (Å²) in [6.07, 6.45) is 5.66. The highest BCUT2D eigenvalue weighted by atomic mass is 16.5. The first-order chi connectivity index (χ1) is 12.2. The van der Waals surface area contributed by atoms with Gasteiger partial charge in [0, 0.05) is 18.5 Å². The van der Waals surface area contributed by atoms with E-state index in [-0.39, 0.29) is 18.4 Å². The zero-order chi connectivity index (χ0) is 17.6. The first-order valence-corrected chi connectivity index (χ1v) is 7.89. The molecule has 1 aromatic carbocycles. The second-order valence-electron chi connectivity index (χ2n) is 5.48. The lowest BCUT2D eigenvalue weighted by Crippen LogP contribution is -2.19. The van der Waals surface area contributed by atoms with Crippen LogP contribution in [0, 0.1) is 0 Å². The van der Waals surface area contributed by atoms with Gasteiger partial charge in [0.05, 0.1) is 38.6 Å². The average molecular weight is 340 g/mol. The van der Waals surface area contributed by atoms with Crippen molar-refractivity contribution in [2.75, 3.05) is 19.5 Å². The van der Waals surface area contributed by atoms with Crippen molar-refractivity contribution in [1.82, 2.24) is 4.57 Å². The largest absolute Gasteiger partial charge is 0.497 e. The molecule has 1 atom stereocenters. The van der Waals surface area contributed by atoms with E-state index in [4.69, 9.17) is 13.9 Å². The summed E-state index contributed by atoms with van der Waals surface area (Å²) in [7, 11) is 3.13. The van der Waals surface area contributed by atoms with E-state index in [0.29, 0.717) is 17.2 Å². The number of nitrogens with one attached hydrogen (secondary N) is 1. The highest BCUT2D eigenvalue weighted by Gasteiger charge is 2.20. The minimum atomic E-state index is -0.214. The molecule has 6 heteroatoms. The Morgan fingerprint density at radius 1 is 1.16 bits per heavy atom. The minimum absolute atomic E-state index is 0.140. The maximum Gasteiger partial charge on any atom is 0.227 e. The Morgan fingerprint density at radius 2 is 1.96 bits per heavy atom. The van der Waals surface area contributed by atoms with Gasteiger partial charge in [-0.1, -0.05) is 0 Å². The highest BCUT2D eigenvalue weighted by molar-refractivity contribution is 5.92. The third-order valence-electron chi connectivity index (χ3n) is 3.92. The van der Waals surface area contributed by atoms with Crippen LogP contribution < -0.4 is 14.8 Å². The predicted octanol–water partition coefficient (Wildman–Crippen LogP) is 3.72. The summed E-state index contributed by atoms with van der Waals surface area (Å²) in [5.74, 6) is 1.80. The lowest BCUT2D eigenvalue weighted by molar-refractivity contribution is -0.116. The fraction of sp³-hybridized carbons (Fsp3) is 0.211. The minimum Gasteiger partial charge on any atom is -0.497 e. The molecule has 1 amide bonds. The number of amides is 1. The van der Waals surface area contributed by atoms with Crippen LogP contribution in [-0.2, 0) is 4.79 Å². The fourth-order valence-electron chi connectivity index (χ4n) is 2.67. The van der Waals surface area contributed by atoms with Crippen LogP contribution in [0.25, 0.3) is 0 Å². The zero-order valence-corrected chi connectivity index (χ0v) is 14.1. The number of anilines is 1. The summed E-state index contributed by atoms with van der Waals surface area (Å²) < 4.78 is 17.9. The summed E-state index contributed by atoms with van der Waals surface area (Å²) >= 11 is 0. The number of benzene rings is 1. The third-order valence-corrected chi connectivity index (χ3v) is 3.92. The predicted molar refractivity (Wildman–Crippen MR) is 94.1 cm³/mol. The number of carbonyl (C=O) groups excluding carboxylic acids is 1. The monoisotopic (exact) mass is 340 g/mol. The van der Waals surface area contributed by atoms with Gasteiger partial charge in [-0.25, -0.2) is 0 Å². The van der Waals surface area contributed by atoms with E-state index >= 15 is 0 Å². The van der Waals surface area contributed by atoms with Crippen LogP contribution in [0.1, 0.15) is 18.2 Å². The van der Waals surface area contributed by atoms with Gasteiger partial charge in [-0.3, -0.25) is 4.79 Å². The van der Waals surface area contributed by atoms with Crippen LogP contribution in [-0.4, -0.2) is 24.7 Å². The molecule has 0 saturated heterocycles. The molecular weight excluding hydrogens is 320 g/mol. The molecule has 0 saturated carbocycles. The molecule has 2 aromatic heterocycles. The molecule has 2 heterocycles. The summed E-state index contributed by atoms with van der Waals surface area (Å²) in [5.41, 5.74) is 0.596. The molecule has 0 aliphatic rings. The van der Waals surface area contributed by atoms with E-state index in [1.807, 2.05) is 41.2 Å². The van der Waals surface area contributed by atoms with Crippen LogP contribution in [0.4, 0.5) is 5.69 Å².